The van der Waals surface area contributed by atoms with Crippen molar-refractivity contribution in [2.45, 2.75) is 25.9 Å². The summed E-state index contributed by atoms with van der Waals surface area (Å²) in [6.07, 6.45) is -3.65. The van der Waals surface area contributed by atoms with E-state index in [4.69, 9.17) is 14.9 Å². The van der Waals surface area contributed by atoms with Gasteiger partial charge in [-0.15, -0.1) is 0 Å². The summed E-state index contributed by atoms with van der Waals surface area (Å²) < 4.78 is 46.4. The maximum atomic E-state index is 13.7. The van der Waals surface area contributed by atoms with Gasteiger partial charge in [-0.1, -0.05) is 18.2 Å². The fourth-order valence-corrected chi connectivity index (χ4v) is 4.52. The van der Waals surface area contributed by atoms with Crippen molar-refractivity contribution in [2.75, 3.05) is 39.4 Å². The second kappa shape index (κ2) is 13.8. The molecule has 1 saturated heterocycles. The molecule has 0 aromatic heterocycles. The summed E-state index contributed by atoms with van der Waals surface area (Å²) in [6.45, 7) is 6.38. The maximum absolute atomic E-state index is 13.7. The molecule has 3 rings (SSSR count). The lowest BCUT2D eigenvalue weighted by molar-refractivity contribution is -0.139. The van der Waals surface area contributed by atoms with E-state index in [0.717, 1.165) is 12.1 Å². The van der Waals surface area contributed by atoms with E-state index >= 15 is 0 Å². The fourth-order valence-electron chi connectivity index (χ4n) is 4.52. The number of halogens is 3. The van der Waals surface area contributed by atoms with Crippen LogP contribution in [-0.2, 0) is 30.1 Å². The van der Waals surface area contributed by atoms with E-state index in [1.54, 1.807) is 4.90 Å². The van der Waals surface area contributed by atoms with Crippen LogP contribution in [0.3, 0.4) is 0 Å². The third-order valence-electron chi connectivity index (χ3n) is 6.32. The number of hydrogen-bond donors (Lipinski definition) is 4. The molecule has 1 fully saturated rings. The van der Waals surface area contributed by atoms with Crippen LogP contribution in [0.15, 0.2) is 59.0 Å². The Hall–Kier alpha value is -4.17. The molecular formula is C26H29F3N2O9. The van der Waals surface area contributed by atoms with Gasteiger partial charge < -0.3 is 30.1 Å². The largest absolute Gasteiger partial charge is 0.478 e. The third kappa shape index (κ3) is 8.16. The van der Waals surface area contributed by atoms with E-state index < -0.39 is 41.5 Å². The van der Waals surface area contributed by atoms with Crippen molar-refractivity contribution < 1.29 is 57.5 Å². The van der Waals surface area contributed by atoms with Crippen LogP contribution < -0.4 is 0 Å². The molecule has 11 nitrogen and oxygen atoms in total. The fraction of sp³-hybridized carbons (Fsp3) is 0.385. The van der Waals surface area contributed by atoms with Crippen molar-refractivity contribution in [3.63, 3.8) is 0 Å². The van der Waals surface area contributed by atoms with Gasteiger partial charge in [0.15, 0.2) is 0 Å². The van der Waals surface area contributed by atoms with Gasteiger partial charge in [-0.3, -0.25) is 4.90 Å². The Kier molecular flexibility index (Phi) is 11.0. The lowest BCUT2D eigenvalue weighted by Gasteiger charge is -2.39. The van der Waals surface area contributed by atoms with Crippen LogP contribution in [-0.4, -0.2) is 93.5 Å². The molecule has 2 aliphatic rings. The highest BCUT2D eigenvalue weighted by atomic mass is 19.4. The van der Waals surface area contributed by atoms with E-state index in [1.165, 1.54) is 26.0 Å². The molecule has 0 saturated carbocycles. The number of ether oxygens (including phenoxy) is 1. The maximum Gasteiger partial charge on any atom is 0.416 e. The number of nitrogens with zero attached hydrogens (tertiary/aromatic N) is 2. The number of hydrogen-bond acceptors (Lipinski definition) is 7. The predicted octanol–water partition coefficient (Wildman–Crippen LogP) is 2.87. The minimum absolute atomic E-state index is 0.232. The molecule has 2 aliphatic heterocycles. The molecule has 2 heterocycles. The van der Waals surface area contributed by atoms with Gasteiger partial charge in [0.05, 0.1) is 35.8 Å². The molecule has 0 atom stereocenters. The molecule has 0 amide bonds. The number of carboxylic acid groups (broad SMARTS) is 4. The highest BCUT2D eigenvalue weighted by molar-refractivity contribution is 5.98. The van der Waals surface area contributed by atoms with Crippen LogP contribution in [0.2, 0.25) is 0 Å². The number of rotatable bonds is 8. The minimum Gasteiger partial charge on any atom is -0.478 e. The predicted molar refractivity (Wildman–Crippen MR) is 133 cm³/mol. The van der Waals surface area contributed by atoms with E-state index in [2.05, 4.69) is 4.90 Å². The molecule has 40 heavy (non-hydrogen) atoms. The zero-order valence-corrected chi connectivity index (χ0v) is 21.6. The molecular weight excluding hydrogens is 541 g/mol. The van der Waals surface area contributed by atoms with E-state index in [-0.39, 0.29) is 28.1 Å². The Labute approximate surface area is 227 Å². The summed E-state index contributed by atoms with van der Waals surface area (Å²) >= 11 is 0. The van der Waals surface area contributed by atoms with Crippen molar-refractivity contribution in [3.05, 3.63) is 70.1 Å². The van der Waals surface area contributed by atoms with Crippen molar-refractivity contribution >= 4 is 23.9 Å². The zero-order chi connectivity index (χ0) is 30.2. The minimum atomic E-state index is -4.76. The van der Waals surface area contributed by atoms with Crippen molar-refractivity contribution in [3.8, 4) is 0 Å². The molecule has 0 spiro atoms. The summed E-state index contributed by atoms with van der Waals surface area (Å²) in [7, 11) is 0. The number of alkyl halides is 3. The molecule has 0 unspecified atom stereocenters. The van der Waals surface area contributed by atoms with Gasteiger partial charge in [0.25, 0.3) is 0 Å². The van der Waals surface area contributed by atoms with Crippen LogP contribution in [0.1, 0.15) is 30.9 Å². The molecule has 14 heteroatoms. The summed E-state index contributed by atoms with van der Waals surface area (Å²) in [6, 6.07) is 4.52. The zero-order valence-electron chi connectivity index (χ0n) is 21.6. The first kappa shape index (κ1) is 32.0. The van der Waals surface area contributed by atoms with Crippen molar-refractivity contribution in [1.29, 1.82) is 0 Å². The van der Waals surface area contributed by atoms with E-state index in [9.17, 15) is 42.6 Å². The van der Waals surface area contributed by atoms with Crippen LogP contribution in [0.25, 0.3) is 0 Å². The van der Waals surface area contributed by atoms with Gasteiger partial charge in [-0.25, -0.2) is 19.2 Å². The second-order valence-electron chi connectivity index (χ2n) is 8.74. The number of benzene rings is 1. The standard InChI is InChI=1S/C22H25F3N2O5.C4H4O4/c1-13-17(20(28)29)19(15-5-3-4-6-16(15)22(23,24)25)18(21(30)31)14(2)27(13)8-7-26-9-11-32-12-10-26;5-3(6)1-2-4(7)8/h3-6,19H,7-12H2,1-2H3,(H,28,29)(H,30,31);1-2H,(H,5,6)(H,7,8). The topological polar surface area (TPSA) is 165 Å². The van der Waals surface area contributed by atoms with E-state index in [1.807, 2.05) is 0 Å². The Morgan fingerprint density at radius 1 is 0.875 bits per heavy atom. The highest BCUT2D eigenvalue weighted by Crippen LogP contribution is 2.46. The van der Waals surface area contributed by atoms with Crippen LogP contribution in [0.4, 0.5) is 13.2 Å². The Balaban J connectivity index is 0.000000611. The average Bonchev–Trinajstić information content (AvgIpc) is 2.87. The lowest BCUT2D eigenvalue weighted by Crippen LogP contribution is -2.42. The van der Waals surface area contributed by atoms with Gasteiger partial charge >= 0.3 is 30.1 Å². The Bertz CT molecular complexity index is 1180. The highest BCUT2D eigenvalue weighted by Gasteiger charge is 2.43. The van der Waals surface area contributed by atoms with Gasteiger partial charge in [0.1, 0.15) is 0 Å². The molecule has 218 valence electrons. The number of allylic oxidation sites excluding steroid dienone is 2. The van der Waals surface area contributed by atoms with Crippen molar-refractivity contribution in [1.82, 2.24) is 9.80 Å². The summed E-state index contributed by atoms with van der Waals surface area (Å²) in [5.74, 6) is -6.97. The molecule has 0 bridgehead atoms. The van der Waals surface area contributed by atoms with Crippen LogP contribution >= 0.6 is 0 Å². The van der Waals surface area contributed by atoms with Crippen molar-refractivity contribution in [2.24, 2.45) is 0 Å². The van der Waals surface area contributed by atoms with Crippen LogP contribution in [0, 0.1) is 0 Å². The normalized spacial score (nSPS) is 17.1. The molecule has 1 aromatic rings. The number of carboxylic acids is 4. The van der Waals surface area contributed by atoms with Gasteiger partial charge in [0.2, 0.25) is 0 Å². The monoisotopic (exact) mass is 570 g/mol. The smallest absolute Gasteiger partial charge is 0.416 e. The first-order chi connectivity index (χ1) is 18.7. The molecule has 0 aliphatic carbocycles. The summed E-state index contributed by atoms with van der Waals surface area (Å²) in [4.78, 5) is 47.2. The quantitative estimate of drug-likeness (QED) is 0.340. The Morgan fingerprint density at radius 2 is 1.35 bits per heavy atom. The van der Waals surface area contributed by atoms with Gasteiger partial charge in [-0.05, 0) is 25.5 Å². The third-order valence-corrected chi connectivity index (χ3v) is 6.32. The summed E-state index contributed by atoms with van der Waals surface area (Å²) in [5, 5.41) is 35.5. The molecule has 0 radical (unpaired) electrons. The Morgan fingerprint density at radius 3 is 1.77 bits per heavy atom. The number of aliphatic carboxylic acids is 4. The second-order valence-corrected chi connectivity index (χ2v) is 8.74. The first-order valence-electron chi connectivity index (χ1n) is 11.9. The number of carbonyl (C=O) groups is 4. The summed E-state index contributed by atoms with van der Waals surface area (Å²) in [5.41, 5.74) is -1.71. The first-order valence-corrected chi connectivity index (χ1v) is 11.9. The van der Waals surface area contributed by atoms with Crippen LogP contribution in [0.5, 0.6) is 0 Å². The SMILES string of the molecule is CC1=C(C(=O)O)C(c2ccccc2C(F)(F)F)C(C(=O)O)=C(C)N1CCN1CCOCC1.O=C(O)C=CC(=O)O. The van der Waals surface area contributed by atoms with Gasteiger partial charge in [0, 0.05) is 49.7 Å². The lowest BCUT2D eigenvalue weighted by atomic mass is 9.78. The molecule has 1 aromatic carbocycles. The molecule has 4 N–H and O–H groups in total. The van der Waals surface area contributed by atoms with Gasteiger partial charge in [-0.2, -0.15) is 13.2 Å². The number of morpholine rings is 1. The average molecular weight is 571 g/mol. The van der Waals surface area contributed by atoms with E-state index in [0.29, 0.717) is 51.5 Å².